The van der Waals surface area contributed by atoms with Crippen LogP contribution in [0.4, 0.5) is 26.3 Å². The highest BCUT2D eigenvalue weighted by atomic mass is 19.4. The summed E-state index contributed by atoms with van der Waals surface area (Å²) in [5.74, 6) is -4.10. The van der Waals surface area contributed by atoms with E-state index >= 15 is 0 Å². The van der Waals surface area contributed by atoms with Gasteiger partial charge in [-0.25, -0.2) is 17.9 Å². The fraction of sp³-hybridized carbons (Fsp3) is 0.273. The topological polar surface area (TPSA) is 81.6 Å². The number of tetrazole rings is 1. The van der Waals surface area contributed by atoms with Crippen LogP contribution >= 0.6 is 0 Å². The second kappa shape index (κ2) is 9.13. The van der Waals surface area contributed by atoms with Gasteiger partial charge in [0.1, 0.15) is 29.4 Å². The third-order valence-electron chi connectivity index (χ3n) is 5.69. The summed E-state index contributed by atoms with van der Waals surface area (Å²) >= 11 is 0. The Bertz CT molecular complexity index is 1320. The molecular weight excluding hydrogens is 478 g/mol. The van der Waals surface area contributed by atoms with Gasteiger partial charge in [-0.3, -0.25) is 4.68 Å². The molecule has 0 saturated carbocycles. The molecule has 0 saturated heterocycles. The minimum absolute atomic E-state index is 0.119. The standard InChI is InChI=1S/C22H18F6N6O/c1-13(21(35,11-34-12-29-31-32-34)16-4-3-15(23)9-19(16)25)20-6-7-33(30-20)10-14-2-5-18(24)17(8-14)22(26,27)28/h2-9,12-13,35H,10-11H2,1H3/t13-,21+/m0/s1. The molecule has 0 aliphatic carbocycles. The van der Waals surface area contributed by atoms with Crippen molar-refractivity contribution in [2.24, 2.45) is 0 Å². The van der Waals surface area contributed by atoms with Crippen molar-refractivity contribution in [3.8, 4) is 0 Å². The molecule has 2 heterocycles. The number of benzene rings is 2. The zero-order valence-electron chi connectivity index (χ0n) is 18.1. The molecule has 184 valence electrons. The van der Waals surface area contributed by atoms with Crippen LogP contribution < -0.4 is 0 Å². The largest absolute Gasteiger partial charge is 0.419 e. The van der Waals surface area contributed by atoms with Gasteiger partial charge in [-0.15, -0.1) is 5.10 Å². The predicted molar refractivity (Wildman–Crippen MR) is 109 cm³/mol. The maximum atomic E-state index is 14.7. The van der Waals surface area contributed by atoms with Gasteiger partial charge >= 0.3 is 6.18 Å². The quantitative estimate of drug-likeness (QED) is 0.391. The van der Waals surface area contributed by atoms with E-state index in [1.165, 1.54) is 34.0 Å². The first-order valence-corrected chi connectivity index (χ1v) is 10.2. The lowest BCUT2D eigenvalue weighted by Gasteiger charge is -2.33. The van der Waals surface area contributed by atoms with Crippen molar-refractivity contribution in [3.05, 3.63) is 94.8 Å². The Hall–Kier alpha value is -3.74. The highest BCUT2D eigenvalue weighted by molar-refractivity contribution is 5.30. The van der Waals surface area contributed by atoms with Gasteiger partial charge in [0.2, 0.25) is 0 Å². The second-order valence-corrected chi connectivity index (χ2v) is 8.03. The van der Waals surface area contributed by atoms with Gasteiger partial charge in [-0.05, 0) is 40.3 Å². The van der Waals surface area contributed by atoms with E-state index in [0.29, 0.717) is 12.1 Å². The highest BCUT2D eigenvalue weighted by Gasteiger charge is 2.41. The monoisotopic (exact) mass is 496 g/mol. The third kappa shape index (κ3) is 5.04. The molecule has 4 rings (SSSR count). The zero-order chi connectivity index (χ0) is 25.4. The smallest absolute Gasteiger partial charge is 0.382 e. The van der Waals surface area contributed by atoms with E-state index < -0.39 is 40.7 Å². The van der Waals surface area contributed by atoms with Gasteiger partial charge in [-0.1, -0.05) is 19.1 Å². The predicted octanol–water partition coefficient (Wildman–Crippen LogP) is 4.05. The van der Waals surface area contributed by atoms with E-state index in [0.717, 1.165) is 18.2 Å². The Morgan fingerprint density at radius 3 is 2.37 bits per heavy atom. The summed E-state index contributed by atoms with van der Waals surface area (Å²) in [6.45, 7) is 1.13. The van der Waals surface area contributed by atoms with Crippen LogP contribution in [0.2, 0.25) is 0 Å². The average molecular weight is 496 g/mol. The van der Waals surface area contributed by atoms with Crippen molar-refractivity contribution in [2.45, 2.75) is 37.7 Å². The van der Waals surface area contributed by atoms with E-state index in [1.807, 2.05) is 0 Å². The minimum atomic E-state index is -4.85. The normalized spacial score (nSPS) is 14.6. The van der Waals surface area contributed by atoms with Crippen molar-refractivity contribution in [1.82, 2.24) is 30.0 Å². The van der Waals surface area contributed by atoms with Gasteiger partial charge in [0.05, 0.1) is 24.3 Å². The van der Waals surface area contributed by atoms with Crippen LogP contribution in [0.15, 0.2) is 55.0 Å². The average Bonchev–Trinajstić information content (AvgIpc) is 3.45. The molecule has 2 aromatic carbocycles. The molecule has 0 bridgehead atoms. The van der Waals surface area contributed by atoms with E-state index in [2.05, 4.69) is 20.6 Å². The maximum Gasteiger partial charge on any atom is 0.419 e. The fourth-order valence-corrected chi connectivity index (χ4v) is 3.81. The van der Waals surface area contributed by atoms with E-state index in [4.69, 9.17) is 0 Å². The van der Waals surface area contributed by atoms with Crippen LogP contribution in [0.1, 0.15) is 35.2 Å². The summed E-state index contributed by atoms with van der Waals surface area (Å²) < 4.78 is 83.3. The zero-order valence-corrected chi connectivity index (χ0v) is 18.1. The van der Waals surface area contributed by atoms with Crippen molar-refractivity contribution >= 4 is 0 Å². The molecule has 0 unspecified atom stereocenters. The Labute approximate surface area is 194 Å². The molecule has 2 aromatic heterocycles. The molecule has 0 fully saturated rings. The maximum absolute atomic E-state index is 14.7. The minimum Gasteiger partial charge on any atom is -0.382 e. The summed E-state index contributed by atoms with van der Waals surface area (Å²) in [7, 11) is 0. The first kappa shape index (κ1) is 24.4. The molecule has 0 radical (unpaired) electrons. The lowest BCUT2D eigenvalue weighted by molar-refractivity contribution is -0.140. The molecule has 0 aliphatic rings. The summed E-state index contributed by atoms with van der Waals surface area (Å²) in [5.41, 5.74) is -3.17. The Morgan fingerprint density at radius 2 is 1.71 bits per heavy atom. The molecule has 0 amide bonds. The molecule has 13 heteroatoms. The molecule has 4 aromatic rings. The number of hydrogen-bond acceptors (Lipinski definition) is 5. The number of rotatable bonds is 7. The molecule has 1 N–H and O–H groups in total. The Balaban J connectivity index is 1.65. The molecular formula is C22H18F6N6O. The van der Waals surface area contributed by atoms with Gasteiger partial charge in [0, 0.05) is 23.7 Å². The van der Waals surface area contributed by atoms with Gasteiger partial charge in [0.25, 0.3) is 0 Å². The van der Waals surface area contributed by atoms with Crippen LogP contribution in [0.5, 0.6) is 0 Å². The van der Waals surface area contributed by atoms with Crippen LogP contribution in [0, 0.1) is 17.5 Å². The number of nitrogens with zero attached hydrogens (tertiary/aromatic N) is 6. The lowest BCUT2D eigenvalue weighted by atomic mass is 9.80. The number of aromatic nitrogens is 6. The summed E-state index contributed by atoms with van der Waals surface area (Å²) in [6, 6.07) is 6.89. The first-order chi connectivity index (χ1) is 16.5. The van der Waals surface area contributed by atoms with Crippen molar-refractivity contribution in [3.63, 3.8) is 0 Å². The van der Waals surface area contributed by atoms with E-state index in [9.17, 15) is 31.4 Å². The van der Waals surface area contributed by atoms with Crippen molar-refractivity contribution < 1.29 is 31.4 Å². The highest BCUT2D eigenvalue weighted by Crippen LogP contribution is 2.39. The molecule has 2 atom stereocenters. The van der Waals surface area contributed by atoms with Crippen molar-refractivity contribution in [1.29, 1.82) is 0 Å². The molecule has 0 aliphatic heterocycles. The number of halogens is 6. The Kier molecular flexibility index (Phi) is 6.36. The van der Waals surface area contributed by atoms with E-state index in [1.54, 1.807) is 6.92 Å². The van der Waals surface area contributed by atoms with Crippen LogP contribution in [-0.2, 0) is 24.9 Å². The number of hydrogen-bond donors (Lipinski definition) is 1. The van der Waals surface area contributed by atoms with Crippen LogP contribution in [0.25, 0.3) is 0 Å². The van der Waals surface area contributed by atoms with Crippen LogP contribution in [0.3, 0.4) is 0 Å². The summed E-state index contributed by atoms with van der Waals surface area (Å²) in [4.78, 5) is 0. The van der Waals surface area contributed by atoms with Gasteiger partial charge in [0.15, 0.2) is 0 Å². The van der Waals surface area contributed by atoms with Gasteiger partial charge < -0.3 is 5.11 Å². The van der Waals surface area contributed by atoms with Gasteiger partial charge in [-0.2, -0.15) is 18.3 Å². The second-order valence-electron chi connectivity index (χ2n) is 8.03. The first-order valence-electron chi connectivity index (χ1n) is 10.2. The molecule has 7 nitrogen and oxygen atoms in total. The lowest BCUT2D eigenvalue weighted by Crippen LogP contribution is -2.38. The van der Waals surface area contributed by atoms with Crippen molar-refractivity contribution in [2.75, 3.05) is 0 Å². The van der Waals surface area contributed by atoms with E-state index in [-0.39, 0.29) is 29.9 Å². The molecule has 35 heavy (non-hydrogen) atoms. The fourth-order valence-electron chi connectivity index (χ4n) is 3.81. The molecule has 0 spiro atoms. The number of alkyl halides is 3. The Morgan fingerprint density at radius 1 is 0.943 bits per heavy atom. The summed E-state index contributed by atoms with van der Waals surface area (Å²) in [5, 5.41) is 26.6. The number of aliphatic hydroxyl groups is 1. The third-order valence-corrected chi connectivity index (χ3v) is 5.69. The van der Waals surface area contributed by atoms with Crippen LogP contribution in [-0.4, -0.2) is 35.1 Å². The SMILES string of the molecule is C[C@@H](c1ccn(Cc2ccc(F)c(C(F)(F)F)c2)n1)[C@](O)(Cn1cnnn1)c1ccc(F)cc1F. The summed E-state index contributed by atoms with van der Waals surface area (Å²) in [6.07, 6.45) is -2.18.